The zero-order chi connectivity index (χ0) is 14.8. The maximum Gasteiger partial charge on any atom is 0.339 e. The van der Waals surface area contributed by atoms with E-state index in [2.05, 4.69) is 5.32 Å². The van der Waals surface area contributed by atoms with Gasteiger partial charge in [-0.3, -0.25) is 4.79 Å². The van der Waals surface area contributed by atoms with Crippen LogP contribution in [0.4, 0.5) is 5.69 Å². The van der Waals surface area contributed by atoms with Crippen LogP contribution in [0.3, 0.4) is 0 Å². The summed E-state index contributed by atoms with van der Waals surface area (Å²) in [4.78, 5) is 24.2. The summed E-state index contributed by atoms with van der Waals surface area (Å²) < 4.78 is 5.25. The number of rotatable bonds is 2. The van der Waals surface area contributed by atoms with Crippen molar-refractivity contribution in [2.75, 3.05) is 5.32 Å². The number of carbonyl (C=O) groups excluding carboxylic acids is 2. The Bertz CT molecular complexity index is 694. The predicted octanol–water partition coefficient (Wildman–Crippen LogP) is 2.72. The molecule has 106 valence electrons. The molecule has 3 rings (SSSR count). The van der Waals surface area contributed by atoms with E-state index in [1.54, 1.807) is 18.2 Å². The van der Waals surface area contributed by atoms with Gasteiger partial charge < -0.3 is 10.1 Å². The van der Waals surface area contributed by atoms with Gasteiger partial charge in [-0.2, -0.15) is 0 Å². The quantitative estimate of drug-likeness (QED) is 0.861. The van der Waals surface area contributed by atoms with Crippen molar-refractivity contribution in [3.05, 3.63) is 65.2 Å². The third-order valence-corrected chi connectivity index (χ3v) is 3.47. The van der Waals surface area contributed by atoms with E-state index < -0.39 is 12.1 Å². The van der Waals surface area contributed by atoms with E-state index in [-0.39, 0.29) is 5.91 Å². The number of ether oxygens (including phenoxy) is 1. The summed E-state index contributed by atoms with van der Waals surface area (Å²) in [6.07, 6.45) is -0.382. The molecule has 0 saturated carbocycles. The van der Waals surface area contributed by atoms with Crippen molar-refractivity contribution in [3.8, 4) is 0 Å². The Hall–Kier alpha value is -2.62. The average molecular weight is 281 g/mol. The van der Waals surface area contributed by atoms with Crippen LogP contribution in [0.2, 0.25) is 0 Å². The minimum Gasteiger partial charge on any atom is -0.448 e. The van der Waals surface area contributed by atoms with Crippen LogP contribution in [0.5, 0.6) is 0 Å². The summed E-state index contributed by atoms with van der Waals surface area (Å²) in [6, 6.07) is 14.7. The lowest BCUT2D eigenvalue weighted by atomic mass is 9.96. The highest BCUT2D eigenvalue weighted by molar-refractivity contribution is 6.00. The first-order chi connectivity index (χ1) is 10.1. The third-order valence-electron chi connectivity index (χ3n) is 3.47. The van der Waals surface area contributed by atoms with Crippen molar-refractivity contribution in [2.45, 2.75) is 19.4 Å². The van der Waals surface area contributed by atoms with E-state index in [0.29, 0.717) is 17.7 Å². The number of carbonyl (C=O) groups is 2. The van der Waals surface area contributed by atoms with Crippen LogP contribution in [-0.4, -0.2) is 18.0 Å². The predicted molar refractivity (Wildman–Crippen MR) is 79.2 cm³/mol. The highest BCUT2D eigenvalue weighted by Crippen LogP contribution is 2.22. The molecule has 4 heteroatoms. The molecule has 2 aromatic carbocycles. The Morgan fingerprint density at radius 3 is 2.71 bits per heavy atom. The molecule has 2 aromatic rings. The van der Waals surface area contributed by atoms with Crippen molar-refractivity contribution in [1.29, 1.82) is 0 Å². The highest BCUT2D eigenvalue weighted by atomic mass is 16.5. The molecule has 1 aliphatic heterocycles. The molecule has 21 heavy (non-hydrogen) atoms. The van der Waals surface area contributed by atoms with E-state index in [4.69, 9.17) is 4.74 Å². The molecule has 1 amide bonds. The normalized spacial score (nSPS) is 16.8. The topological polar surface area (TPSA) is 55.4 Å². The number of anilines is 1. The number of benzene rings is 2. The Morgan fingerprint density at radius 1 is 1.19 bits per heavy atom. The maximum absolute atomic E-state index is 12.2. The van der Waals surface area contributed by atoms with Crippen LogP contribution in [0, 0.1) is 6.92 Å². The lowest BCUT2D eigenvalue weighted by Crippen LogP contribution is -2.38. The molecule has 0 aliphatic carbocycles. The van der Waals surface area contributed by atoms with Gasteiger partial charge in [-0.25, -0.2) is 4.79 Å². The van der Waals surface area contributed by atoms with Crippen molar-refractivity contribution in [3.63, 3.8) is 0 Å². The number of aryl methyl sites for hydroxylation is 1. The average Bonchev–Trinajstić information content (AvgIpc) is 2.49. The molecule has 0 bridgehead atoms. The van der Waals surface area contributed by atoms with Crippen molar-refractivity contribution in [1.82, 2.24) is 0 Å². The zero-order valence-corrected chi connectivity index (χ0v) is 11.6. The summed E-state index contributed by atoms with van der Waals surface area (Å²) in [7, 11) is 0. The summed E-state index contributed by atoms with van der Waals surface area (Å²) in [5, 5.41) is 2.76. The molecule has 1 aliphatic rings. The molecule has 0 fully saturated rings. The summed E-state index contributed by atoms with van der Waals surface area (Å²) in [5.41, 5.74) is 3.09. The SMILES string of the molecule is Cc1ccc2c(c1)C(=O)O[C@H](C(=O)Nc1ccccc1)C2. The second-order valence-corrected chi connectivity index (χ2v) is 5.11. The van der Waals surface area contributed by atoms with Crippen molar-refractivity contribution in [2.24, 2.45) is 0 Å². The third kappa shape index (κ3) is 2.79. The van der Waals surface area contributed by atoms with Crippen molar-refractivity contribution >= 4 is 17.6 Å². The van der Waals surface area contributed by atoms with E-state index in [0.717, 1.165) is 11.1 Å². The lowest BCUT2D eigenvalue weighted by Gasteiger charge is -2.24. The first-order valence-corrected chi connectivity index (χ1v) is 6.80. The lowest BCUT2D eigenvalue weighted by molar-refractivity contribution is -0.125. The van der Waals surface area contributed by atoms with Crippen LogP contribution in [0.15, 0.2) is 48.5 Å². The van der Waals surface area contributed by atoms with E-state index >= 15 is 0 Å². The van der Waals surface area contributed by atoms with Gasteiger partial charge in [0.2, 0.25) is 0 Å². The van der Waals surface area contributed by atoms with Crippen LogP contribution in [0.25, 0.3) is 0 Å². The fourth-order valence-corrected chi connectivity index (χ4v) is 2.38. The van der Waals surface area contributed by atoms with Gasteiger partial charge in [0.25, 0.3) is 5.91 Å². The first-order valence-electron chi connectivity index (χ1n) is 6.80. The second-order valence-electron chi connectivity index (χ2n) is 5.11. The Balaban J connectivity index is 1.78. The van der Waals surface area contributed by atoms with Crippen LogP contribution in [0.1, 0.15) is 21.5 Å². The number of cyclic esters (lactones) is 1. The molecule has 0 unspecified atom stereocenters. The number of hydrogen-bond acceptors (Lipinski definition) is 3. The second kappa shape index (κ2) is 5.40. The van der Waals surface area contributed by atoms with Gasteiger partial charge in [-0.15, -0.1) is 0 Å². The monoisotopic (exact) mass is 281 g/mol. The van der Waals surface area contributed by atoms with Crippen LogP contribution >= 0.6 is 0 Å². The van der Waals surface area contributed by atoms with Gasteiger partial charge in [0.1, 0.15) is 0 Å². The van der Waals surface area contributed by atoms with Gasteiger partial charge in [0.15, 0.2) is 6.10 Å². The fraction of sp³-hybridized carbons (Fsp3) is 0.176. The smallest absolute Gasteiger partial charge is 0.339 e. The number of amides is 1. The molecular formula is C17H15NO3. The summed E-state index contributed by atoms with van der Waals surface area (Å²) in [5.74, 6) is -0.742. The van der Waals surface area contributed by atoms with Crippen LogP contribution in [-0.2, 0) is 16.0 Å². The number of esters is 1. The number of para-hydroxylation sites is 1. The molecule has 1 atom stereocenters. The molecule has 4 nitrogen and oxygen atoms in total. The molecule has 0 aromatic heterocycles. The van der Waals surface area contributed by atoms with E-state index in [1.165, 1.54) is 0 Å². The van der Waals surface area contributed by atoms with Crippen LogP contribution < -0.4 is 5.32 Å². The first kappa shape index (κ1) is 13.4. The van der Waals surface area contributed by atoms with Gasteiger partial charge in [0.05, 0.1) is 5.56 Å². The Kier molecular flexibility index (Phi) is 3.44. The maximum atomic E-state index is 12.2. The van der Waals surface area contributed by atoms with Crippen molar-refractivity contribution < 1.29 is 14.3 Å². The number of nitrogens with one attached hydrogen (secondary N) is 1. The Labute approximate surface area is 122 Å². The summed E-state index contributed by atoms with van der Waals surface area (Å²) >= 11 is 0. The van der Waals surface area contributed by atoms with E-state index in [1.807, 2.05) is 37.3 Å². The molecular weight excluding hydrogens is 266 g/mol. The standard InChI is InChI=1S/C17H15NO3/c1-11-7-8-12-10-15(21-17(20)14(12)9-11)16(19)18-13-5-3-2-4-6-13/h2-9,15H,10H2,1H3,(H,18,19)/t15-/m0/s1. The number of fused-ring (bicyclic) bond motifs is 1. The molecule has 0 radical (unpaired) electrons. The minimum absolute atomic E-state index is 0.305. The van der Waals surface area contributed by atoms with Gasteiger partial charge in [-0.05, 0) is 30.7 Å². The van der Waals surface area contributed by atoms with Gasteiger partial charge >= 0.3 is 5.97 Å². The minimum atomic E-state index is -0.784. The molecule has 1 N–H and O–H groups in total. The van der Waals surface area contributed by atoms with Gasteiger partial charge in [0, 0.05) is 12.1 Å². The largest absolute Gasteiger partial charge is 0.448 e. The molecule has 0 saturated heterocycles. The molecule has 1 heterocycles. The number of hydrogen-bond donors (Lipinski definition) is 1. The van der Waals surface area contributed by atoms with E-state index in [9.17, 15) is 9.59 Å². The zero-order valence-electron chi connectivity index (χ0n) is 11.6. The van der Waals surface area contributed by atoms with Gasteiger partial charge in [-0.1, -0.05) is 35.9 Å². The highest BCUT2D eigenvalue weighted by Gasteiger charge is 2.31. The molecule has 0 spiro atoms. The Morgan fingerprint density at radius 2 is 1.95 bits per heavy atom. The summed E-state index contributed by atoms with van der Waals surface area (Å²) in [6.45, 7) is 1.92. The fourth-order valence-electron chi connectivity index (χ4n) is 2.38.